The van der Waals surface area contributed by atoms with Crippen LogP contribution in [0.3, 0.4) is 0 Å². The van der Waals surface area contributed by atoms with E-state index in [-0.39, 0.29) is 11.8 Å². The predicted molar refractivity (Wildman–Crippen MR) is 71.4 cm³/mol. The molecule has 1 heterocycles. The maximum Gasteiger partial charge on any atom is 0.327 e. The van der Waals surface area contributed by atoms with Gasteiger partial charge in [-0.1, -0.05) is 32.1 Å². The van der Waals surface area contributed by atoms with Crippen molar-refractivity contribution in [2.45, 2.75) is 51.0 Å². The summed E-state index contributed by atoms with van der Waals surface area (Å²) in [6.45, 7) is 0. The lowest BCUT2D eigenvalue weighted by Crippen LogP contribution is -2.44. The van der Waals surface area contributed by atoms with Crippen LogP contribution in [0.1, 0.15) is 44.9 Å². The van der Waals surface area contributed by atoms with E-state index in [1.165, 1.54) is 19.3 Å². The molecule has 5 heteroatoms. The van der Waals surface area contributed by atoms with Crippen LogP contribution in [0.15, 0.2) is 0 Å². The zero-order valence-corrected chi connectivity index (χ0v) is 11.5. The van der Waals surface area contributed by atoms with Crippen LogP contribution in [0.4, 0.5) is 0 Å². The van der Waals surface area contributed by atoms with Crippen LogP contribution in [-0.2, 0) is 9.59 Å². The maximum atomic E-state index is 12.4. The second kappa shape index (κ2) is 6.45. The molecular formula is C13H21NO3S. The molecule has 2 aliphatic rings. The van der Waals surface area contributed by atoms with Gasteiger partial charge in [0, 0.05) is 11.7 Å². The molecule has 1 aliphatic carbocycles. The summed E-state index contributed by atoms with van der Waals surface area (Å²) in [7, 11) is 0. The lowest BCUT2D eigenvalue weighted by molar-refractivity contribution is -0.149. The van der Waals surface area contributed by atoms with Gasteiger partial charge in [-0.3, -0.25) is 4.79 Å². The van der Waals surface area contributed by atoms with Gasteiger partial charge in [-0.05, 0) is 12.8 Å². The fourth-order valence-electron chi connectivity index (χ4n) is 2.80. The Kier molecular flexibility index (Phi) is 4.92. The van der Waals surface area contributed by atoms with Gasteiger partial charge < -0.3 is 10.0 Å². The Balaban J connectivity index is 1.98. The number of thioether (sulfide) groups is 1. The van der Waals surface area contributed by atoms with Crippen molar-refractivity contribution in [3.05, 3.63) is 0 Å². The Morgan fingerprint density at radius 2 is 1.67 bits per heavy atom. The minimum absolute atomic E-state index is 0.0610. The molecule has 1 aliphatic heterocycles. The summed E-state index contributed by atoms with van der Waals surface area (Å²) in [5.74, 6) is 0.361. The van der Waals surface area contributed by atoms with Gasteiger partial charge in [0.15, 0.2) is 0 Å². The number of amides is 1. The van der Waals surface area contributed by atoms with Gasteiger partial charge in [-0.2, -0.15) is 0 Å². The topological polar surface area (TPSA) is 57.6 Å². The van der Waals surface area contributed by atoms with Crippen LogP contribution in [0, 0.1) is 5.92 Å². The number of carboxylic acids is 1. The monoisotopic (exact) mass is 271 g/mol. The number of hydrogen-bond donors (Lipinski definition) is 1. The van der Waals surface area contributed by atoms with Crippen molar-refractivity contribution >= 4 is 23.6 Å². The third-order valence-corrected chi connectivity index (χ3v) is 4.92. The highest BCUT2D eigenvalue weighted by molar-refractivity contribution is 7.99. The first-order chi connectivity index (χ1) is 8.70. The molecule has 0 unspecified atom stereocenters. The van der Waals surface area contributed by atoms with Crippen molar-refractivity contribution in [3.63, 3.8) is 0 Å². The molecule has 0 aromatic heterocycles. The molecule has 1 atom stereocenters. The molecule has 1 N–H and O–H groups in total. The summed E-state index contributed by atoms with van der Waals surface area (Å²) in [5, 5.41) is 9.12. The Hall–Kier alpha value is -0.710. The highest BCUT2D eigenvalue weighted by Gasteiger charge is 2.37. The van der Waals surface area contributed by atoms with E-state index in [0.29, 0.717) is 11.6 Å². The number of carboxylic acid groups (broad SMARTS) is 1. The third kappa shape index (κ3) is 3.19. The van der Waals surface area contributed by atoms with Crippen molar-refractivity contribution in [1.29, 1.82) is 0 Å². The first kappa shape index (κ1) is 13.7. The predicted octanol–water partition coefficient (Wildman–Crippen LogP) is 2.33. The zero-order valence-electron chi connectivity index (χ0n) is 10.6. The van der Waals surface area contributed by atoms with Crippen LogP contribution in [0.25, 0.3) is 0 Å². The average molecular weight is 271 g/mol. The SMILES string of the molecule is O=C(O)[C@@H]1CSCN1C(=O)C1CCCCCCC1. The molecule has 1 saturated carbocycles. The Morgan fingerprint density at radius 3 is 2.28 bits per heavy atom. The molecule has 1 saturated heterocycles. The van der Waals surface area contributed by atoms with Crippen LogP contribution >= 0.6 is 11.8 Å². The molecule has 4 nitrogen and oxygen atoms in total. The van der Waals surface area contributed by atoms with Gasteiger partial charge in [-0.25, -0.2) is 4.79 Å². The molecule has 0 bridgehead atoms. The summed E-state index contributed by atoms with van der Waals surface area (Å²) < 4.78 is 0. The Morgan fingerprint density at radius 1 is 1.06 bits per heavy atom. The third-order valence-electron chi connectivity index (χ3n) is 3.90. The standard InChI is InChI=1S/C13H21NO3S/c15-12(10-6-4-2-1-3-5-7-10)14-9-18-8-11(14)13(16)17/h10-11H,1-9H2,(H,16,17)/t11-/m0/s1. The first-order valence-electron chi connectivity index (χ1n) is 6.81. The van der Waals surface area contributed by atoms with Crippen LogP contribution in [0.5, 0.6) is 0 Å². The minimum Gasteiger partial charge on any atom is -0.480 e. The van der Waals surface area contributed by atoms with Crippen molar-refractivity contribution in [2.24, 2.45) is 5.92 Å². The van der Waals surface area contributed by atoms with Gasteiger partial charge in [-0.15, -0.1) is 11.8 Å². The fraction of sp³-hybridized carbons (Fsp3) is 0.846. The molecule has 2 rings (SSSR count). The molecule has 0 radical (unpaired) electrons. The van der Waals surface area contributed by atoms with E-state index in [9.17, 15) is 9.59 Å². The summed E-state index contributed by atoms with van der Waals surface area (Å²) in [5.41, 5.74) is 0. The molecule has 102 valence electrons. The summed E-state index contributed by atoms with van der Waals surface area (Å²) >= 11 is 1.54. The number of carbonyl (C=O) groups is 2. The first-order valence-corrected chi connectivity index (χ1v) is 7.96. The molecule has 0 aromatic carbocycles. The van der Waals surface area contributed by atoms with E-state index in [1.807, 2.05) is 0 Å². The Bertz CT molecular complexity index is 313. The number of rotatable bonds is 2. The highest BCUT2D eigenvalue weighted by Crippen LogP contribution is 2.28. The molecule has 1 amide bonds. The number of aliphatic carboxylic acids is 1. The Labute approximate surface area is 112 Å². The van der Waals surface area contributed by atoms with Crippen molar-refractivity contribution in [1.82, 2.24) is 4.90 Å². The minimum atomic E-state index is -0.862. The molecule has 18 heavy (non-hydrogen) atoms. The number of carbonyl (C=O) groups excluding carboxylic acids is 1. The largest absolute Gasteiger partial charge is 0.480 e. The van der Waals surface area contributed by atoms with Gasteiger partial charge in [0.2, 0.25) is 5.91 Å². The summed E-state index contributed by atoms with van der Waals surface area (Å²) in [6, 6.07) is -0.604. The molecular weight excluding hydrogens is 250 g/mol. The lowest BCUT2D eigenvalue weighted by Gasteiger charge is -2.27. The van der Waals surface area contributed by atoms with Crippen molar-refractivity contribution in [2.75, 3.05) is 11.6 Å². The van der Waals surface area contributed by atoms with E-state index >= 15 is 0 Å². The zero-order chi connectivity index (χ0) is 13.0. The van der Waals surface area contributed by atoms with E-state index in [4.69, 9.17) is 5.11 Å². The van der Waals surface area contributed by atoms with E-state index in [2.05, 4.69) is 0 Å². The maximum absolute atomic E-state index is 12.4. The van der Waals surface area contributed by atoms with Gasteiger partial charge in [0.25, 0.3) is 0 Å². The van der Waals surface area contributed by atoms with Gasteiger partial charge in [0.05, 0.1) is 5.88 Å². The second-order valence-corrected chi connectivity index (χ2v) is 6.20. The molecule has 0 spiro atoms. The normalized spacial score (nSPS) is 26.7. The van der Waals surface area contributed by atoms with Gasteiger partial charge in [0.1, 0.15) is 6.04 Å². The lowest BCUT2D eigenvalue weighted by atomic mass is 9.90. The smallest absolute Gasteiger partial charge is 0.327 e. The second-order valence-electron chi connectivity index (χ2n) is 5.20. The average Bonchev–Trinajstić information content (AvgIpc) is 2.76. The van der Waals surface area contributed by atoms with Crippen LogP contribution < -0.4 is 0 Å². The highest BCUT2D eigenvalue weighted by atomic mass is 32.2. The van der Waals surface area contributed by atoms with Crippen LogP contribution in [0.2, 0.25) is 0 Å². The molecule has 0 aromatic rings. The summed E-state index contributed by atoms with van der Waals surface area (Å²) in [4.78, 5) is 25.1. The summed E-state index contributed by atoms with van der Waals surface area (Å²) in [6.07, 6.45) is 7.78. The number of hydrogen-bond acceptors (Lipinski definition) is 3. The van der Waals surface area contributed by atoms with Crippen molar-refractivity contribution < 1.29 is 14.7 Å². The van der Waals surface area contributed by atoms with Crippen molar-refractivity contribution in [3.8, 4) is 0 Å². The molecule has 2 fully saturated rings. The van der Waals surface area contributed by atoms with E-state index < -0.39 is 12.0 Å². The van der Waals surface area contributed by atoms with Gasteiger partial charge >= 0.3 is 5.97 Å². The quantitative estimate of drug-likeness (QED) is 0.837. The fourth-order valence-corrected chi connectivity index (χ4v) is 3.96. The van der Waals surface area contributed by atoms with E-state index in [0.717, 1.165) is 25.7 Å². The van der Waals surface area contributed by atoms with Crippen LogP contribution in [-0.4, -0.2) is 39.6 Å². The van der Waals surface area contributed by atoms with E-state index in [1.54, 1.807) is 16.7 Å². The number of nitrogens with zero attached hydrogens (tertiary/aromatic N) is 1.